The highest BCUT2D eigenvalue weighted by molar-refractivity contribution is 7.95. The fourth-order valence-electron chi connectivity index (χ4n) is 1.76. The van der Waals surface area contributed by atoms with Gasteiger partial charge >= 0.3 is 0 Å². The second-order valence-corrected chi connectivity index (χ2v) is 6.46. The van der Waals surface area contributed by atoms with Gasteiger partial charge in [0, 0.05) is 11.1 Å². The maximum Gasteiger partial charge on any atom is 0.255 e. The van der Waals surface area contributed by atoms with Gasteiger partial charge in [0.2, 0.25) is 0 Å². The number of hydrogen-bond donors (Lipinski definition) is 1. The van der Waals surface area contributed by atoms with Crippen molar-refractivity contribution in [2.75, 3.05) is 11.3 Å². The molecular formula is C16H16ClNO3S. The molecule has 0 heterocycles. The van der Waals surface area contributed by atoms with Gasteiger partial charge in [-0.05, 0) is 42.8 Å². The number of rotatable bonds is 6. The first-order valence-electron chi connectivity index (χ1n) is 6.68. The number of anilines is 1. The summed E-state index contributed by atoms with van der Waals surface area (Å²) >= 11 is 5.78. The van der Waals surface area contributed by atoms with Crippen LogP contribution in [0.15, 0.2) is 53.9 Å². The van der Waals surface area contributed by atoms with Crippen LogP contribution in [0, 0.1) is 0 Å². The van der Waals surface area contributed by atoms with Gasteiger partial charge in [-0.1, -0.05) is 29.8 Å². The molecule has 0 aliphatic carbocycles. The number of nitrogens with one attached hydrogen (secondary N) is 1. The molecule has 0 spiro atoms. The Balaban J connectivity index is 2.10. The van der Waals surface area contributed by atoms with Gasteiger partial charge in [0.05, 0.1) is 17.7 Å². The van der Waals surface area contributed by atoms with Crippen LogP contribution in [-0.2, 0) is 10.0 Å². The minimum Gasteiger partial charge on any atom is -0.494 e. The van der Waals surface area contributed by atoms with Crippen molar-refractivity contribution >= 4 is 33.4 Å². The van der Waals surface area contributed by atoms with Crippen LogP contribution < -0.4 is 9.46 Å². The maximum atomic E-state index is 12.0. The van der Waals surface area contributed by atoms with Crippen molar-refractivity contribution in [3.8, 4) is 5.75 Å². The molecular weight excluding hydrogens is 322 g/mol. The normalized spacial score (nSPS) is 11.5. The van der Waals surface area contributed by atoms with E-state index in [-0.39, 0.29) is 0 Å². The summed E-state index contributed by atoms with van der Waals surface area (Å²) in [6.07, 6.45) is 1.51. The third-order valence-corrected chi connectivity index (χ3v) is 3.98. The van der Waals surface area contributed by atoms with Crippen LogP contribution in [0.5, 0.6) is 5.75 Å². The Morgan fingerprint density at radius 1 is 1.18 bits per heavy atom. The Kier molecular flexibility index (Phi) is 5.46. The molecule has 6 heteroatoms. The number of sulfonamides is 1. The summed E-state index contributed by atoms with van der Waals surface area (Å²) in [5, 5.41) is 1.72. The smallest absolute Gasteiger partial charge is 0.255 e. The standard InChI is InChI=1S/C16H16ClNO3S/c1-2-21-16-5-3-4-15(12-16)18-22(19,20)11-10-13-6-8-14(17)9-7-13/h3-12,18H,2H2,1H3/b11-10+. The lowest BCUT2D eigenvalue weighted by atomic mass is 10.2. The monoisotopic (exact) mass is 337 g/mol. The summed E-state index contributed by atoms with van der Waals surface area (Å²) in [6.45, 7) is 2.39. The Morgan fingerprint density at radius 3 is 2.59 bits per heavy atom. The van der Waals surface area contributed by atoms with Crippen molar-refractivity contribution in [3.05, 3.63) is 64.5 Å². The molecule has 0 fully saturated rings. The lowest BCUT2D eigenvalue weighted by Gasteiger charge is -2.07. The van der Waals surface area contributed by atoms with Crippen LogP contribution >= 0.6 is 11.6 Å². The lowest BCUT2D eigenvalue weighted by molar-refractivity contribution is 0.340. The van der Waals surface area contributed by atoms with Crippen LogP contribution in [0.4, 0.5) is 5.69 Å². The van der Waals surface area contributed by atoms with E-state index in [0.29, 0.717) is 23.1 Å². The molecule has 2 rings (SSSR count). The maximum absolute atomic E-state index is 12.0. The topological polar surface area (TPSA) is 55.4 Å². The molecule has 116 valence electrons. The summed E-state index contributed by atoms with van der Waals surface area (Å²) < 4.78 is 31.9. The van der Waals surface area contributed by atoms with Crippen LogP contribution in [0.1, 0.15) is 12.5 Å². The molecule has 0 unspecified atom stereocenters. The lowest BCUT2D eigenvalue weighted by Crippen LogP contribution is -2.08. The highest BCUT2D eigenvalue weighted by Crippen LogP contribution is 2.19. The summed E-state index contributed by atoms with van der Waals surface area (Å²) in [5.41, 5.74) is 1.20. The number of benzene rings is 2. The van der Waals surface area contributed by atoms with E-state index in [9.17, 15) is 8.42 Å². The first-order valence-corrected chi connectivity index (χ1v) is 8.60. The predicted molar refractivity (Wildman–Crippen MR) is 90.6 cm³/mol. The molecule has 0 aliphatic heterocycles. The van der Waals surface area contributed by atoms with Crippen molar-refractivity contribution in [2.24, 2.45) is 0 Å². The van der Waals surface area contributed by atoms with Crippen LogP contribution in [0.25, 0.3) is 6.08 Å². The van der Waals surface area contributed by atoms with Gasteiger partial charge in [0.15, 0.2) is 0 Å². The minimum absolute atomic E-state index is 0.451. The highest BCUT2D eigenvalue weighted by atomic mass is 35.5. The van der Waals surface area contributed by atoms with Gasteiger partial charge in [-0.3, -0.25) is 4.72 Å². The molecule has 0 radical (unpaired) electrons. The molecule has 0 bridgehead atoms. The third kappa shape index (κ3) is 5.09. The average molecular weight is 338 g/mol. The molecule has 2 aromatic carbocycles. The van der Waals surface area contributed by atoms with Gasteiger partial charge in [-0.2, -0.15) is 0 Å². The zero-order valence-electron chi connectivity index (χ0n) is 12.0. The van der Waals surface area contributed by atoms with E-state index in [1.54, 1.807) is 48.5 Å². The zero-order chi connectivity index (χ0) is 16.0. The average Bonchev–Trinajstić information content (AvgIpc) is 2.47. The summed E-state index contributed by atoms with van der Waals surface area (Å²) in [4.78, 5) is 0. The van der Waals surface area contributed by atoms with Crippen molar-refractivity contribution < 1.29 is 13.2 Å². The van der Waals surface area contributed by atoms with Crippen LogP contribution in [0.2, 0.25) is 5.02 Å². The molecule has 0 atom stereocenters. The fourth-order valence-corrected chi connectivity index (χ4v) is 2.74. The predicted octanol–water partition coefficient (Wildman–Crippen LogP) is 4.15. The molecule has 0 saturated heterocycles. The molecule has 2 aromatic rings. The van der Waals surface area contributed by atoms with Gasteiger partial charge in [0.1, 0.15) is 5.75 Å². The summed E-state index contributed by atoms with van der Waals surface area (Å²) in [5.74, 6) is 0.615. The minimum atomic E-state index is -3.59. The molecule has 1 N–H and O–H groups in total. The van der Waals surface area contributed by atoms with E-state index in [4.69, 9.17) is 16.3 Å². The second kappa shape index (κ2) is 7.33. The second-order valence-electron chi connectivity index (χ2n) is 4.46. The van der Waals surface area contributed by atoms with Crippen molar-refractivity contribution in [3.63, 3.8) is 0 Å². The quantitative estimate of drug-likeness (QED) is 0.861. The van der Waals surface area contributed by atoms with E-state index >= 15 is 0 Å². The Hall–Kier alpha value is -1.98. The van der Waals surface area contributed by atoms with E-state index in [1.807, 2.05) is 6.92 Å². The largest absolute Gasteiger partial charge is 0.494 e. The Morgan fingerprint density at radius 2 is 1.91 bits per heavy atom. The van der Waals surface area contributed by atoms with Crippen molar-refractivity contribution in [1.29, 1.82) is 0 Å². The van der Waals surface area contributed by atoms with E-state index in [0.717, 1.165) is 11.0 Å². The van der Waals surface area contributed by atoms with E-state index in [2.05, 4.69) is 4.72 Å². The Labute approximate surface area is 135 Å². The van der Waals surface area contributed by atoms with Crippen molar-refractivity contribution in [2.45, 2.75) is 6.92 Å². The van der Waals surface area contributed by atoms with E-state index in [1.165, 1.54) is 6.08 Å². The summed E-state index contributed by atoms with van der Waals surface area (Å²) in [6, 6.07) is 13.7. The Bertz CT molecular complexity index is 755. The highest BCUT2D eigenvalue weighted by Gasteiger charge is 2.06. The number of halogens is 1. The molecule has 0 aliphatic rings. The first-order chi connectivity index (χ1) is 10.5. The molecule has 4 nitrogen and oxygen atoms in total. The van der Waals surface area contributed by atoms with Gasteiger partial charge in [-0.15, -0.1) is 0 Å². The van der Waals surface area contributed by atoms with Gasteiger partial charge in [0.25, 0.3) is 10.0 Å². The SMILES string of the molecule is CCOc1cccc(NS(=O)(=O)/C=C/c2ccc(Cl)cc2)c1. The van der Waals surface area contributed by atoms with Gasteiger partial charge < -0.3 is 4.74 Å². The zero-order valence-corrected chi connectivity index (χ0v) is 13.6. The van der Waals surface area contributed by atoms with Gasteiger partial charge in [-0.25, -0.2) is 8.42 Å². The summed E-state index contributed by atoms with van der Waals surface area (Å²) in [7, 11) is -3.59. The first kappa shape index (κ1) is 16.4. The number of ether oxygens (including phenoxy) is 1. The molecule has 0 amide bonds. The van der Waals surface area contributed by atoms with Crippen LogP contribution in [-0.4, -0.2) is 15.0 Å². The molecule has 22 heavy (non-hydrogen) atoms. The molecule has 0 saturated carbocycles. The fraction of sp³-hybridized carbons (Fsp3) is 0.125. The van der Waals surface area contributed by atoms with E-state index < -0.39 is 10.0 Å². The van der Waals surface area contributed by atoms with Crippen molar-refractivity contribution in [1.82, 2.24) is 0 Å². The molecule has 0 aromatic heterocycles. The number of hydrogen-bond acceptors (Lipinski definition) is 3. The van der Waals surface area contributed by atoms with Crippen LogP contribution in [0.3, 0.4) is 0 Å². The third-order valence-electron chi connectivity index (χ3n) is 2.71.